The Bertz CT molecular complexity index is 456. The molecule has 22 heavy (non-hydrogen) atoms. The number of nitrogens with one attached hydrogen (secondary N) is 1. The molecule has 0 aliphatic rings. The van der Waals surface area contributed by atoms with Gasteiger partial charge in [0.2, 0.25) is 0 Å². The predicted molar refractivity (Wildman–Crippen MR) is 90.3 cm³/mol. The average Bonchev–Trinajstić information content (AvgIpc) is 2.46. The summed E-state index contributed by atoms with van der Waals surface area (Å²) in [5, 5.41) is 2.94. The number of hydrogen-bond acceptors (Lipinski definition) is 3. The number of rotatable bonds is 9. The molecule has 0 bridgehead atoms. The molecule has 0 fully saturated rings. The second-order valence-electron chi connectivity index (χ2n) is 6.09. The fourth-order valence-electron chi connectivity index (χ4n) is 2.43. The van der Waals surface area contributed by atoms with Gasteiger partial charge in [-0.15, -0.1) is 0 Å². The van der Waals surface area contributed by atoms with E-state index in [-0.39, 0.29) is 5.91 Å². The second-order valence-corrected chi connectivity index (χ2v) is 6.09. The van der Waals surface area contributed by atoms with Crippen LogP contribution >= 0.6 is 0 Å². The fraction of sp³-hybridized carbons (Fsp3) is 0.611. The average molecular weight is 307 g/mol. The van der Waals surface area contributed by atoms with Crippen molar-refractivity contribution in [1.82, 2.24) is 0 Å². The van der Waals surface area contributed by atoms with E-state index in [1.54, 1.807) is 0 Å². The third-order valence-electron chi connectivity index (χ3n) is 3.33. The van der Waals surface area contributed by atoms with Crippen molar-refractivity contribution in [1.29, 1.82) is 0 Å². The first-order valence-electron chi connectivity index (χ1n) is 8.09. The molecule has 0 aliphatic heterocycles. The van der Waals surface area contributed by atoms with Crippen LogP contribution in [0.3, 0.4) is 0 Å². The summed E-state index contributed by atoms with van der Waals surface area (Å²) in [5.41, 5.74) is -0.0520. The maximum absolute atomic E-state index is 12.5. The summed E-state index contributed by atoms with van der Waals surface area (Å²) in [5.74, 6) is 1.09. The number of anilines is 1. The quantitative estimate of drug-likeness (QED) is 0.741. The van der Waals surface area contributed by atoms with Crippen LogP contribution in [0.15, 0.2) is 24.3 Å². The molecule has 124 valence electrons. The number of carbonyl (C=O) groups excluding carboxylic acids is 1. The molecule has 0 aromatic heterocycles. The van der Waals surface area contributed by atoms with Gasteiger partial charge in [-0.2, -0.15) is 0 Å². The van der Waals surface area contributed by atoms with Gasteiger partial charge in [-0.3, -0.25) is 4.79 Å². The van der Waals surface area contributed by atoms with Crippen molar-refractivity contribution < 1.29 is 14.3 Å². The Morgan fingerprint density at radius 1 is 1.23 bits per heavy atom. The second kappa shape index (κ2) is 8.79. The molecule has 0 radical (unpaired) electrons. The van der Waals surface area contributed by atoms with Crippen molar-refractivity contribution in [3.8, 4) is 5.75 Å². The van der Waals surface area contributed by atoms with E-state index in [0.29, 0.717) is 25.6 Å². The molecule has 0 saturated carbocycles. The maximum Gasteiger partial charge on any atom is 0.256 e. The zero-order valence-corrected chi connectivity index (χ0v) is 14.4. The van der Waals surface area contributed by atoms with E-state index in [1.165, 1.54) is 0 Å². The van der Waals surface area contributed by atoms with Gasteiger partial charge in [0, 0.05) is 12.3 Å². The van der Waals surface area contributed by atoms with Gasteiger partial charge < -0.3 is 14.8 Å². The van der Waals surface area contributed by atoms with Crippen LogP contribution in [0.1, 0.15) is 47.5 Å². The van der Waals surface area contributed by atoms with Crippen molar-refractivity contribution in [2.75, 3.05) is 18.5 Å². The lowest BCUT2D eigenvalue weighted by atomic mass is 9.93. The van der Waals surface area contributed by atoms with E-state index in [1.807, 2.05) is 38.1 Å². The minimum absolute atomic E-state index is 0.106. The smallest absolute Gasteiger partial charge is 0.256 e. The van der Waals surface area contributed by atoms with Gasteiger partial charge in [0.25, 0.3) is 5.91 Å². The molecule has 4 nitrogen and oxygen atoms in total. The van der Waals surface area contributed by atoms with Crippen LogP contribution in [-0.4, -0.2) is 24.7 Å². The molecule has 0 heterocycles. The van der Waals surface area contributed by atoms with Crippen molar-refractivity contribution in [3.63, 3.8) is 0 Å². The van der Waals surface area contributed by atoms with Crippen molar-refractivity contribution >= 4 is 11.6 Å². The largest absolute Gasteiger partial charge is 0.494 e. The lowest BCUT2D eigenvalue weighted by molar-refractivity contribution is -0.140. The zero-order valence-electron chi connectivity index (χ0n) is 14.4. The Labute approximate surface area is 134 Å². The van der Waals surface area contributed by atoms with E-state index in [0.717, 1.165) is 17.9 Å². The Balaban J connectivity index is 2.72. The lowest BCUT2D eigenvalue weighted by Gasteiger charge is -2.29. The summed E-state index contributed by atoms with van der Waals surface area (Å²) in [7, 11) is 0. The fourth-order valence-corrected chi connectivity index (χ4v) is 2.43. The minimum Gasteiger partial charge on any atom is -0.494 e. The van der Waals surface area contributed by atoms with Crippen LogP contribution in [0, 0.1) is 5.92 Å². The first kappa shape index (κ1) is 18.5. The third kappa shape index (κ3) is 5.68. The molecule has 1 amide bonds. The predicted octanol–water partition coefficient (Wildman–Crippen LogP) is 4.26. The molecule has 4 heteroatoms. The van der Waals surface area contributed by atoms with Crippen LogP contribution in [0.2, 0.25) is 0 Å². The molecule has 1 aromatic carbocycles. The first-order valence-corrected chi connectivity index (χ1v) is 8.09. The summed E-state index contributed by atoms with van der Waals surface area (Å²) >= 11 is 0. The van der Waals surface area contributed by atoms with E-state index in [9.17, 15) is 4.79 Å². The van der Waals surface area contributed by atoms with E-state index < -0.39 is 5.60 Å². The standard InChI is InChI=1S/C18H29NO3/c1-6-12-21-16-10-8-15(9-11-16)19-17(20)18(5,22-7-2)13-14(3)4/h8-11,14H,6-7,12-13H2,1-5H3,(H,19,20). The summed E-state index contributed by atoms with van der Waals surface area (Å²) in [6, 6.07) is 7.44. The molecule has 1 aromatic rings. The molecule has 0 aliphatic carbocycles. The highest BCUT2D eigenvalue weighted by molar-refractivity contribution is 5.97. The normalized spacial score (nSPS) is 13.7. The van der Waals surface area contributed by atoms with Gasteiger partial charge in [0.15, 0.2) is 0 Å². The Hall–Kier alpha value is -1.55. The molecule has 1 unspecified atom stereocenters. The first-order chi connectivity index (χ1) is 10.4. The van der Waals surface area contributed by atoms with Gasteiger partial charge in [0.1, 0.15) is 11.4 Å². The highest BCUT2D eigenvalue weighted by Gasteiger charge is 2.34. The van der Waals surface area contributed by atoms with E-state index >= 15 is 0 Å². The molecular weight excluding hydrogens is 278 g/mol. The zero-order chi connectivity index (χ0) is 16.6. The minimum atomic E-state index is -0.805. The van der Waals surface area contributed by atoms with Gasteiger partial charge in [-0.05, 0) is 56.9 Å². The highest BCUT2D eigenvalue weighted by Crippen LogP contribution is 2.24. The Morgan fingerprint density at radius 3 is 2.36 bits per heavy atom. The third-order valence-corrected chi connectivity index (χ3v) is 3.33. The van der Waals surface area contributed by atoms with Gasteiger partial charge in [-0.1, -0.05) is 20.8 Å². The van der Waals surface area contributed by atoms with Crippen LogP contribution in [0.25, 0.3) is 0 Å². The monoisotopic (exact) mass is 307 g/mol. The van der Waals surface area contributed by atoms with Crippen molar-refractivity contribution in [3.05, 3.63) is 24.3 Å². The maximum atomic E-state index is 12.5. The van der Waals surface area contributed by atoms with Crippen LogP contribution < -0.4 is 10.1 Å². The van der Waals surface area contributed by atoms with E-state index in [2.05, 4.69) is 26.1 Å². The number of carbonyl (C=O) groups is 1. The van der Waals surface area contributed by atoms with Gasteiger partial charge >= 0.3 is 0 Å². The van der Waals surface area contributed by atoms with Crippen molar-refractivity contribution in [2.24, 2.45) is 5.92 Å². The molecular formula is C18H29NO3. The molecule has 0 spiro atoms. The summed E-state index contributed by atoms with van der Waals surface area (Å²) in [6.45, 7) is 11.2. The Kier molecular flexibility index (Phi) is 7.39. The summed E-state index contributed by atoms with van der Waals surface area (Å²) < 4.78 is 11.3. The lowest BCUT2D eigenvalue weighted by Crippen LogP contribution is -2.43. The molecule has 0 saturated heterocycles. The molecule has 1 N–H and O–H groups in total. The van der Waals surface area contributed by atoms with Crippen LogP contribution in [-0.2, 0) is 9.53 Å². The Morgan fingerprint density at radius 2 is 1.86 bits per heavy atom. The number of amides is 1. The SMILES string of the molecule is CCCOc1ccc(NC(=O)C(C)(CC(C)C)OCC)cc1. The van der Waals surface area contributed by atoms with Gasteiger partial charge in [0.05, 0.1) is 6.61 Å². The van der Waals surface area contributed by atoms with Crippen LogP contribution in [0.4, 0.5) is 5.69 Å². The molecule has 1 atom stereocenters. The summed E-state index contributed by atoms with van der Waals surface area (Å²) in [4.78, 5) is 12.5. The van der Waals surface area contributed by atoms with Crippen molar-refractivity contribution in [2.45, 2.75) is 53.1 Å². The van der Waals surface area contributed by atoms with Gasteiger partial charge in [-0.25, -0.2) is 0 Å². The van der Waals surface area contributed by atoms with E-state index in [4.69, 9.17) is 9.47 Å². The molecule has 1 rings (SSSR count). The number of benzene rings is 1. The highest BCUT2D eigenvalue weighted by atomic mass is 16.5. The van der Waals surface area contributed by atoms with Crippen LogP contribution in [0.5, 0.6) is 5.75 Å². The topological polar surface area (TPSA) is 47.6 Å². The number of ether oxygens (including phenoxy) is 2. The summed E-state index contributed by atoms with van der Waals surface area (Å²) in [6.07, 6.45) is 1.66. The number of hydrogen-bond donors (Lipinski definition) is 1.